The molecule has 6 nitrogen and oxygen atoms in total. The highest BCUT2D eigenvalue weighted by Gasteiger charge is 2.13. The van der Waals surface area contributed by atoms with Gasteiger partial charge in [0.05, 0.1) is 12.7 Å². The Bertz CT molecular complexity index is 676. The minimum absolute atomic E-state index is 0.215. The smallest absolute Gasteiger partial charge is 0.247 e. The summed E-state index contributed by atoms with van der Waals surface area (Å²) in [6.07, 6.45) is 1.33. The van der Waals surface area contributed by atoms with Gasteiger partial charge in [-0.15, -0.1) is 5.10 Å². The quantitative estimate of drug-likeness (QED) is 0.880. The van der Waals surface area contributed by atoms with E-state index in [9.17, 15) is 8.42 Å². The zero-order valence-electron chi connectivity index (χ0n) is 10.2. The number of nitrogens with zero attached hydrogens (tertiary/aromatic N) is 3. The lowest BCUT2D eigenvalue weighted by atomic mass is 10.1. The Balaban J connectivity index is 2.29. The summed E-state index contributed by atoms with van der Waals surface area (Å²) in [6, 6.07) is 6.08. The SMILES string of the molecule is Cc1ccc(C)c(Cn2cc(S(N)(=O)=O)nn2)c1. The van der Waals surface area contributed by atoms with Gasteiger partial charge in [0.15, 0.2) is 0 Å². The van der Waals surface area contributed by atoms with Gasteiger partial charge in [-0.3, -0.25) is 0 Å². The highest BCUT2D eigenvalue weighted by atomic mass is 32.2. The Morgan fingerprint density at radius 2 is 2.06 bits per heavy atom. The number of sulfonamides is 1. The molecule has 1 aromatic carbocycles. The lowest BCUT2D eigenvalue weighted by Gasteiger charge is -2.06. The number of aromatic nitrogens is 3. The van der Waals surface area contributed by atoms with Crippen LogP contribution >= 0.6 is 0 Å². The standard InChI is InChI=1S/C11H14N4O2S/c1-8-3-4-9(2)10(5-8)6-15-7-11(13-14-15)18(12,16)17/h3-5,7H,6H2,1-2H3,(H2,12,16,17). The average molecular weight is 266 g/mol. The number of primary sulfonamides is 1. The number of aryl methyl sites for hydroxylation is 2. The maximum absolute atomic E-state index is 11.1. The van der Waals surface area contributed by atoms with Crippen LogP contribution in [-0.4, -0.2) is 23.4 Å². The third kappa shape index (κ3) is 2.74. The van der Waals surface area contributed by atoms with Crippen molar-refractivity contribution in [1.82, 2.24) is 15.0 Å². The van der Waals surface area contributed by atoms with E-state index in [1.165, 1.54) is 10.9 Å². The van der Waals surface area contributed by atoms with E-state index in [4.69, 9.17) is 5.14 Å². The van der Waals surface area contributed by atoms with Gasteiger partial charge in [-0.2, -0.15) is 0 Å². The summed E-state index contributed by atoms with van der Waals surface area (Å²) in [5.74, 6) is 0. The summed E-state index contributed by atoms with van der Waals surface area (Å²) >= 11 is 0. The molecular weight excluding hydrogens is 252 g/mol. The number of rotatable bonds is 3. The number of hydrogen-bond donors (Lipinski definition) is 1. The summed E-state index contributed by atoms with van der Waals surface area (Å²) in [5.41, 5.74) is 3.33. The maximum Gasteiger partial charge on any atom is 0.259 e. The second kappa shape index (κ2) is 4.51. The highest BCUT2D eigenvalue weighted by Crippen LogP contribution is 2.12. The van der Waals surface area contributed by atoms with Crippen LogP contribution in [0.15, 0.2) is 29.4 Å². The Hall–Kier alpha value is -1.73. The summed E-state index contributed by atoms with van der Waals surface area (Å²) < 4.78 is 23.6. The molecule has 0 unspecified atom stereocenters. The van der Waals surface area contributed by atoms with E-state index < -0.39 is 10.0 Å². The fraction of sp³-hybridized carbons (Fsp3) is 0.273. The van der Waals surface area contributed by atoms with Gasteiger partial charge in [-0.05, 0) is 25.0 Å². The first-order valence-corrected chi connectivity index (χ1v) is 6.90. The molecule has 0 atom stereocenters. The molecule has 7 heteroatoms. The Morgan fingerprint density at radius 3 is 2.67 bits per heavy atom. The van der Waals surface area contributed by atoms with Gasteiger partial charge in [-0.25, -0.2) is 18.2 Å². The molecular formula is C11H14N4O2S. The monoisotopic (exact) mass is 266 g/mol. The third-order valence-corrected chi connectivity index (χ3v) is 3.42. The molecule has 0 aliphatic heterocycles. The molecule has 2 N–H and O–H groups in total. The van der Waals surface area contributed by atoms with Crippen LogP contribution in [-0.2, 0) is 16.6 Å². The molecule has 0 aliphatic carbocycles. The molecule has 0 fully saturated rings. The molecule has 2 rings (SSSR count). The van der Waals surface area contributed by atoms with Crippen LogP contribution in [0.5, 0.6) is 0 Å². The first-order chi connectivity index (χ1) is 8.36. The van der Waals surface area contributed by atoms with E-state index in [1.807, 2.05) is 32.0 Å². The van der Waals surface area contributed by atoms with Gasteiger partial charge >= 0.3 is 0 Å². The van der Waals surface area contributed by atoms with E-state index >= 15 is 0 Å². The maximum atomic E-state index is 11.1. The highest BCUT2D eigenvalue weighted by molar-refractivity contribution is 7.89. The minimum atomic E-state index is -3.79. The fourth-order valence-electron chi connectivity index (χ4n) is 1.63. The molecule has 0 amide bonds. The zero-order chi connectivity index (χ0) is 13.3. The van der Waals surface area contributed by atoms with Gasteiger partial charge in [0.1, 0.15) is 0 Å². The second-order valence-corrected chi connectivity index (χ2v) is 5.74. The Labute approximate surface area is 105 Å². The predicted octanol–water partition coefficient (Wildman–Crippen LogP) is 0.591. The summed E-state index contributed by atoms with van der Waals surface area (Å²) in [6.45, 7) is 4.46. The van der Waals surface area contributed by atoms with Crippen LogP contribution in [0.3, 0.4) is 0 Å². The van der Waals surface area contributed by atoms with Crippen LogP contribution in [0, 0.1) is 13.8 Å². The third-order valence-electron chi connectivity index (χ3n) is 2.65. The Kier molecular flexibility index (Phi) is 3.18. The number of benzene rings is 1. The van der Waals surface area contributed by atoms with Crippen molar-refractivity contribution in [3.05, 3.63) is 41.1 Å². The Morgan fingerprint density at radius 1 is 1.33 bits per heavy atom. The van der Waals surface area contributed by atoms with Crippen LogP contribution in [0.4, 0.5) is 0 Å². The molecule has 0 bridgehead atoms. The van der Waals surface area contributed by atoms with Crippen molar-refractivity contribution in [2.75, 3.05) is 0 Å². The second-order valence-electron chi connectivity index (χ2n) is 4.23. The minimum Gasteiger partial charge on any atom is -0.247 e. The van der Waals surface area contributed by atoms with Gasteiger partial charge in [-0.1, -0.05) is 29.0 Å². The molecule has 1 heterocycles. The van der Waals surface area contributed by atoms with Crippen LogP contribution in [0.25, 0.3) is 0 Å². The summed E-state index contributed by atoms with van der Waals surface area (Å²) in [4.78, 5) is 0. The van der Waals surface area contributed by atoms with Gasteiger partial charge in [0, 0.05) is 0 Å². The van der Waals surface area contributed by atoms with E-state index in [0.29, 0.717) is 6.54 Å². The van der Waals surface area contributed by atoms with Crippen LogP contribution in [0.2, 0.25) is 0 Å². The van der Waals surface area contributed by atoms with Crippen molar-refractivity contribution in [3.63, 3.8) is 0 Å². The van der Waals surface area contributed by atoms with Gasteiger partial charge in [0.25, 0.3) is 10.0 Å². The van der Waals surface area contributed by atoms with Crippen molar-refractivity contribution in [3.8, 4) is 0 Å². The van der Waals surface area contributed by atoms with Crippen LogP contribution < -0.4 is 5.14 Å². The lowest BCUT2D eigenvalue weighted by molar-refractivity contribution is 0.593. The fourth-order valence-corrected chi connectivity index (χ4v) is 2.05. The lowest BCUT2D eigenvalue weighted by Crippen LogP contribution is -2.12. The molecule has 1 aromatic heterocycles. The van der Waals surface area contributed by atoms with Crippen molar-refractivity contribution < 1.29 is 8.42 Å². The normalized spacial score (nSPS) is 11.7. The van der Waals surface area contributed by atoms with Crippen LogP contribution in [0.1, 0.15) is 16.7 Å². The molecule has 0 saturated heterocycles. The molecule has 96 valence electrons. The molecule has 0 radical (unpaired) electrons. The first kappa shape index (κ1) is 12.7. The van der Waals surface area contributed by atoms with E-state index in [0.717, 1.165) is 16.7 Å². The van der Waals surface area contributed by atoms with Crippen molar-refractivity contribution in [1.29, 1.82) is 0 Å². The topological polar surface area (TPSA) is 90.9 Å². The molecule has 0 saturated carbocycles. The molecule has 0 spiro atoms. The van der Waals surface area contributed by atoms with Gasteiger partial charge < -0.3 is 0 Å². The van der Waals surface area contributed by atoms with Crippen molar-refractivity contribution in [2.45, 2.75) is 25.4 Å². The molecule has 2 aromatic rings. The molecule has 0 aliphatic rings. The first-order valence-electron chi connectivity index (χ1n) is 5.35. The van der Waals surface area contributed by atoms with E-state index in [2.05, 4.69) is 10.3 Å². The van der Waals surface area contributed by atoms with Crippen molar-refractivity contribution in [2.24, 2.45) is 5.14 Å². The largest absolute Gasteiger partial charge is 0.259 e. The number of nitrogens with two attached hydrogens (primary N) is 1. The van der Waals surface area contributed by atoms with E-state index in [1.54, 1.807) is 0 Å². The summed E-state index contributed by atoms with van der Waals surface area (Å²) in [5, 5.41) is 12.1. The summed E-state index contributed by atoms with van der Waals surface area (Å²) in [7, 11) is -3.79. The van der Waals surface area contributed by atoms with Crippen molar-refractivity contribution >= 4 is 10.0 Å². The molecule has 18 heavy (non-hydrogen) atoms. The number of hydrogen-bond acceptors (Lipinski definition) is 4. The van der Waals surface area contributed by atoms with E-state index in [-0.39, 0.29) is 5.03 Å². The predicted molar refractivity (Wildman–Crippen MR) is 66.4 cm³/mol. The zero-order valence-corrected chi connectivity index (χ0v) is 11.0. The average Bonchev–Trinajstić information content (AvgIpc) is 2.71. The van der Waals surface area contributed by atoms with Gasteiger partial charge in [0.2, 0.25) is 5.03 Å².